The first kappa shape index (κ1) is 20.1. The minimum Gasteiger partial charge on any atom is -0.369 e. The number of primary amides is 1. The Hall–Kier alpha value is -3.19. The van der Waals surface area contributed by atoms with Crippen molar-refractivity contribution in [3.05, 3.63) is 65.7 Å². The van der Waals surface area contributed by atoms with Crippen LogP contribution in [0.1, 0.15) is 25.3 Å². The largest absolute Gasteiger partial charge is 0.369 e. The van der Waals surface area contributed by atoms with Crippen molar-refractivity contribution < 1.29 is 9.59 Å². The molecule has 0 bridgehead atoms. The van der Waals surface area contributed by atoms with Gasteiger partial charge in [-0.05, 0) is 49.4 Å². The van der Waals surface area contributed by atoms with Crippen molar-refractivity contribution in [1.82, 2.24) is 14.7 Å². The summed E-state index contributed by atoms with van der Waals surface area (Å²) in [5.41, 5.74) is 8.12. The highest BCUT2D eigenvalue weighted by molar-refractivity contribution is 7.13. The van der Waals surface area contributed by atoms with Crippen molar-refractivity contribution in [1.29, 1.82) is 0 Å². The van der Waals surface area contributed by atoms with Gasteiger partial charge in [-0.15, -0.1) is 11.3 Å². The van der Waals surface area contributed by atoms with Gasteiger partial charge < -0.3 is 10.6 Å². The molecule has 30 heavy (non-hydrogen) atoms. The molecule has 1 aliphatic rings. The Bertz CT molecular complexity index is 1060. The number of piperidine rings is 1. The van der Waals surface area contributed by atoms with E-state index in [4.69, 9.17) is 10.8 Å². The van der Waals surface area contributed by atoms with E-state index in [0.717, 1.165) is 34.7 Å². The summed E-state index contributed by atoms with van der Waals surface area (Å²) in [7, 11) is 0. The number of hydrogen-bond acceptors (Lipinski definition) is 4. The number of amides is 2. The minimum atomic E-state index is -0.340. The Labute approximate surface area is 179 Å². The van der Waals surface area contributed by atoms with Crippen molar-refractivity contribution in [3.63, 3.8) is 0 Å². The van der Waals surface area contributed by atoms with Crippen LogP contribution in [0, 0.1) is 5.92 Å². The summed E-state index contributed by atoms with van der Waals surface area (Å²) < 4.78 is 1.83. The number of rotatable bonds is 5. The number of benzene rings is 1. The highest BCUT2D eigenvalue weighted by Gasteiger charge is 2.30. The topological polar surface area (TPSA) is 81.2 Å². The van der Waals surface area contributed by atoms with E-state index in [-0.39, 0.29) is 23.8 Å². The summed E-state index contributed by atoms with van der Waals surface area (Å²) in [6, 6.07) is 14.0. The van der Waals surface area contributed by atoms with E-state index in [1.807, 2.05) is 71.7 Å². The monoisotopic (exact) mass is 420 g/mol. The van der Waals surface area contributed by atoms with Gasteiger partial charge in [-0.3, -0.25) is 9.59 Å². The third kappa shape index (κ3) is 4.21. The van der Waals surface area contributed by atoms with Crippen LogP contribution in [0.15, 0.2) is 60.1 Å². The summed E-state index contributed by atoms with van der Waals surface area (Å²) in [5.74, 6) is -0.730. The van der Waals surface area contributed by atoms with Crippen LogP contribution in [0.4, 0.5) is 0 Å². The molecule has 3 aromatic rings. The van der Waals surface area contributed by atoms with Gasteiger partial charge in [0.05, 0.1) is 16.5 Å². The molecule has 154 valence electrons. The smallest absolute Gasteiger partial charge is 0.246 e. The quantitative estimate of drug-likeness (QED) is 0.639. The molecule has 1 fully saturated rings. The van der Waals surface area contributed by atoms with Gasteiger partial charge in [-0.25, -0.2) is 4.68 Å². The number of hydrogen-bond donors (Lipinski definition) is 1. The fourth-order valence-electron chi connectivity index (χ4n) is 3.73. The van der Waals surface area contributed by atoms with Crippen LogP contribution >= 0.6 is 11.3 Å². The summed E-state index contributed by atoms with van der Waals surface area (Å²) in [6.07, 6.45) is 6.82. The molecule has 2 atom stereocenters. The molecule has 4 rings (SSSR count). The van der Waals surface area contributed by atoms with Crippen LogP contribution in [0.3, 0.4) is 0 Å². The van der Waals surface area contributed by atoms with Crippen molar-refractivity contribution in [2.75, 3.05) is 6.54 Å². The van der Waals surface area contributed by atoms with Crippen molar-refractivity contribution in [3.8, 4) is 16.3 Å². The maximum atomic E-state index is 12.9. The van der Waals surface area contributed by atoms with E-state index in [1.165, 1.54) is 0 Å². The lowest BCUT2D eigenvalue weighted by molar-refractivity contribution is -0.133. The minimum absolute atomic E-state index is 0.0848. The Morgan fingerprint density at radius 3 is 2.67 bits per heavy atom. The number of nitrogens with zero attached hydrogens (tertiary/aromatic N) is 3. The fourth-order valence-corrected chi connectivity index (χ4v) is 4.46. The normalized spacial score (nSPS) is 19.3. The summed E-state index contributed by atoms with van der Waals surface area (Å²) >= 11 is 1.61. The molecule has 3 heterocycles. The fraction of sp³-hybridized carbons (Fsp3) is 0.261. The number of likely N-dealkylation sites (tertiary alicyclic amines) is 1. The second-order valence-corrected chi connectivity index (χ2v) is 8.49. The van der Waals surface area contributed by atoms with Crippen LogP contribution in [0.2, 0.25) is 0 Å². The Morgan fingerprint density at radius 2 is 1.97 bits per heavy atom. The average Bonchev–Trinajstić information content (AvgIpc) is 3.42. The molecule has 0 spiro atoms. The lowest BCUT2D eigenvalue weighted by atomic mass is 9.93. The Morgan fingerprint density at radius 1 is 1.17 bits per heavy atom. The van der Waals surface area contributed by atoms with Gasteiger partial charge in [-0.2, -0.15) is 5.10 Å². The van der Waals surface area contributed by atoms with E-state index in [0.29, 0.717) is 6.54 Å². The second-order valence-electron chi connectivity index (χ2n) is 7.54. The molecule has 6 nitrogen and oxygen atoms in total. The molecule has 2 aromatic heterocycles. The molecule has 1 saturated heterocycles. The van der Waals surface area contributed by atoms with Crippen LogP contribution in [0.5, 0.6) is 0 Å². The molecular weight excluding hydrogens is 396 g/mol. The number of carbonyl (C=O) groups is 2. The van der Waals surface area contributed by atoms with Crippen LogP contribution in [-0.2, 0) is 9.59 Å². The average molecular weight is 421 g/mol. The Kier molecular flexibility index (Phi) is 5.81. The molecule has 0 saturated carbocycles. The van der Waals surface area contributed by atoms with Gasteiger partial charge in [0.2, 0.25) is 11.8 Å². The van der Waals surface area contributed by atoms with Crippen molar-refractivity contribution >= 4 is 29.2 Å². The highest BCUT2D eigenvalue weighted by Crippen LogP contribution is 2.29. The van der Waals surface area contributed by atoms with Crippen molar-refractivity contribution in [2.45, 2.75) is 25.8 Å². The first-order valence-corrected chi connectivity index (χ1v) is 10.9. The zero-order chi connectivity index (χ0) is 21.1. The molecule has 1 aromatic carbocycles. The first-order chi connectivity index (χ1) is 14.5. The third-order valence-electron chi connectivity index (χ3n) is 5.49. The van der Waals surface area contributed by atoms with Gasteiger partial charge in [-0.1, -0.05) is 24.3 Å². The van der Waals surface area contributed by atoms with Gasteiger partial charge >= 0.3 is 0 Å². The van der Waals surface area contributed by atoms with E-state index in [1.54, 1.807) is 22.3 Å². The number of thiophene rings is 1. The summed E-state index contributed by atoms with van der Waals surface area (Å²) in [6.45, 7) is 2.38. The van der Waals surface area contributed by atoms with Gasteiger partial charge in [0.1, 0.15) is 5.69 Å². The van der Waals surface area contributed by atoms with E-state index >= 15 is 0 Å². The maximum absolute atomic E-state index is 12.9. The molecule has 2 amide bonds. The zero-order valence-electron chi connectivity index (χ0n) is 16.8. The van der Waals surface area contributed by atoms with Crippen LogP contribution in [-0.4, -0.2) is 39.1 Å². The van der Waals surface area contributed by atoms with Crippen LogP contribution in [0.25, 0.3) is 22.3 Å². The van der Waals surface area contributed by atoms with E-state index in [9.17, 15) is 9.59 Å². The Balaban J connectivity index is 1.61. The SMILES string of the molecule is CC1CCC(C(N)=O)CN1C(=O)/C=C/c1cn(-c2ccccc2)nc1-c1cccs1. The van der Waals surface area contributed by atoms with Crippen LogP contribution < -0.4 is 5.73 Å². The lowest BCUT2D eigenvalue weighted by Gasteiger charge is -2.36. The molecule has 2 N–H and O–H groups in total. The molecule has 0 radical (unpaired) electrons. The predicted molar refractivity (Wildman–Crippen MR) is 119 cm³/mol. The van der Waals surface area contributed by atoms with E-state index in [2.05, 4.69) is 0 Å². The van der Waals surface area contributed by atoms with E-state index < -0.39 is 0 Å². The second kappa shape index (κ2) is 8.67. The third-order valence-corrected chi connectivity index (χ3v) is 6.37. The van der Waals surface area contributed by atoms with Crippen molar-refractivity contribution in [2.24, 2.45) is 11.7 Å². The predicted octanol–water partition coefficient (Wildman–Crippen LogP) is 3.73. The summed E-state index contributed by atoms with van der Waals surface area (Å²) in [4.78, 5) is 27.2. The molecule has 0 aliphatic carbocycles. The number of nitrogens with two attached hydrogens (primary N) is 1. The maximum Gasteiger partial charge on any atom is 0.246 e. The number of carbonyl (C=O) groups excluding carboxylic acids is 2. The number of aromatic nitrogens is 2. The standard InChI is InChI=1S/C23H24N4O2S/c1-16-9-10-18(23(24)29)14-26(16)21(28)12-11-17-15-27(19-6-3-2-4-7-19)25-22(17)20-8-5-13-30-20/h2-8,11-13,15-16,18H,9-10,14H2,1H3,(H2,24,29)/b12-11+. The van der Waals surface area contributed by atoms with Gasteiger partial charge in [0.15, 0.2) is 0 Å². The molecular formula is C23H24N4O2S. The number of para-hydroxylation sites is 1. The van der Waals surface area contributed by atoms with Gasteiger partial charge in [0, 0.05) is 30.4 Å². The first-order valence-electron chi connectivity index (χ1n) is 10.00. The molecule has 7 heteroatoms. The molecule has 2 unspecified atom stereocenters. The molecule has 1 aliphatic heterocycles. The lowest BCUT2D eigenvalue weighted by Crippen LogP contribution is -2.48. The zero-order valence-corrected chi connectivity index (χ0v) is 17.6. The highest BCUT2D eigenvalue weighted by atomic mass is 32.1. The van der Waals surface area contributed by atoms with Gasteiger partial charge in [0.25, 0.3) is 0 Å². The summed E-state index contributed by atoms with van der Waals surface area (Å²) in [5, 5.41) is 6.76.